The van der Waals surface area contributed by atoms with E-state index in [1.807, 2.05) is 24.3 Å². The summed E-state index contributed by atoms with van der Waals surface area (Å²) < 4.78 is 25.2. The molecular weight excluding hydrogens is 334 g/mol. The quantitative estimate of drug-likeness (QED) is 0.738. The minimum Gasteiger partial charge on any atom is -0.507 e. The van der Waals surface area contributed by atoms with Gasteiger partial charge < -0.3 is 10.8 Å². The monoisotopic (exact) mass is 353 g/mol. The Morgan fingerprint density at radius 3 is 1.84 bits per heavy atom. The van der Waals surface area contributed by atoms with Gasteiger partial charge in [0, 0.05) is 6.54 Å². The van der Waals surface area contributed by atoms with Gasteiger partial charge in [0.15, 0.2) is 0 Å². The zero-order valence-electron chi connectivity index (χ0n) is 13.6. The second-order valence-corrected chi connectivity index (χ2v) is 7.73. The van der Waals surface area contributed by atoms with Crippen LogP contribution in [0.3, 0.4) is 0 Å². The Bertz CT molecular complexity index is 963. The molecule has 4 nitrogen and oxygen atoms in total. The first-order valence-electron chi connectivity index (χ1n) is 7.90. The first-order valence-corrected chi connectivity index (χ1v) is 9.39. The molecule has 0 bridgehead atoms. The molecule has 0 aliphatic carbocycles. The van der Waals surface area contributed by atoms with Crippen molar-refractivity contribution in [1.82, 2.24) is 0 Å². The highest BCUT2D eigenvalue weighted by Crippen LogP contribution is 2.28. The number of rotatable bonds is 5. The molecule has 3 rings (SSSR count). The van der Waals surface area contributed by atoms with Gasteiger partial charge in [-0.05, 0) is 47.4 Å². The van der Waals surface area contributed by atoms with E-state index in [1.54, 1.807) is 36.4 Å². The van der Waals surface area contributed by atoms with Crippen LogP contribution in [0.25, 0.3) is 0 Å². The Hall–Kier alpha value is -2.63. The lowest BCUT2D eigenvalue weighted by Crippen LogP contribution is -2.02. The smallest absolute Gasteiger partial charge is 0.210 e. The van der Waals surface area contributed by atoms with E-state index in [0.717, 1.165) is 16.7 Å². The lowest BCUT2D eigenvalue weighted by Gasteiger charge is -2.08. The number of para-hydroxylation sites is 1. The molecule has 5 heteroatoms. The van der Waals surface area contributed by atoms with Crippen molar-refractivity contribution in [2.75, 3.05) is 0 Å². The zero-order chi connectivity index (χ0) is 17.9. The van der Waals surface area contributed by atoms with E-state index in [-0.39, 0.29) is 15.5 Å². The van der Waals surface area contributed by atoms with Gasteiger partial charge >= 0.3 is 0 Å². The molecule has 0 fully saturated rings. The summed E-state index contributed by atoms with van der Waals surface area (Å²) in [5.41, 5.74) is 8.81. The molecule has 0 heterocycles. The van der Waals surface area contributed by atoms with Gasteiger partial charge in [-0.2, -0.15) is 0 Å². The lowest BCUT2D eigenvalue weighted by atomic mass is 10.0. The number of phenolic OH excluding ortho intramolecular Hbond substituents is 1. The minimum atomic E-state index is -3.73. The number of aromatic hydroxyl groups is 1. The summed E-state index contributed by atoms with van der Waals surface area (Å²) in [4.78, 5) is 0.0800. The number of sulfone groups is 1. The number of hydrogen-bond donors (Lipinski definition) is 2. The van der Waals surface area contributed by atoms with Crippen LogP contribution in [-0.2, 0) is 22.8 Å². The van der Waals surface area contributed by atoms with Gasteiger partial charge in [-0.3, -0.25) is 0 Å². The summed E-state index contributed by atoms with van der Waals surface area (Å²) in [7, 11) is -3.73. The summed E-state index contributed by atoms with van der Waals surface area (Å²) >= 11 is 0. The SMILES string of the molecule is NCc1ccc(Cc2ccc(S(=O)(=O)c3ccccc3O)cc2)cc1. The van der Waals surface area contributed by atoms with Gasteiger partial charge in [0.1, 0.15) is 10.6 Å². The van der Waals surface area contributed by atoms with Crippen molar-refractivity contribution >= 4 is 9.84 Å². The van der Waals surface area contributed by atoms with Gasteiger partial charge in [0.05, 0.1) is 4.90 Å². The third kappa shape index (κ3) is 3.73. The Balaban J connectivity index is 1.83. The highest BCUT2D eigenvalue weighted by molar-refractivity contribution is 7.91. The van der Waals surface area contributed by atoms with Crippen molar-refractivity contribution in [3.63, 3.8) is 0 Å². The van der Waals surface area contributed by atoms with Crippen LogP contribution in [0.5, 0.6) is 5.75 Å². The predicted molar refractivity (Wildman–Crippen MR) is 97.1 cm³/mol. The normalized spacial score (nSPS) is 11.4. The van der Waals surface area contributed by atoms with Crippen molar-refractivity contribution < 1.29 is 13.5 Å². The molecule has 25 heavy (non-hydrogen) atoms. The zero-order valence-corrected chi connectivity index (χ0v) is 14.4. The van der Waals surface area contributed by atoms with Crippen LogP contribution in [0.4, 0.5) is 0 Å². The topological polar surface area (TPSA) is 80.4 Å². The molecule has 0 atom stereocenters. The van der Waals surface area contributed by atoms with E-state index in [0.29, 0.717) is 13.0 Å². The van der Waals surface area contributed by atoms with E-state index >= 15 is 0 Å². The summed E-state index contributed by atoms with van der Waals surface area (Å²) in [6, 6.07) is 20.7. The van der Waals surface area contributed by atoms with Crippen molar-refractivity contribution in [3.05, 3.63) is 89.5 Å². The second-order valence-electron chi connectivity index (χ2n) is 5.81. The average Bonchev–Trinajstić information content (AvgIpc) is 2.63. The maximum Gasteiger partial charge on any atom is 0.210 e. The van der Waals surface area contributed by atoms with Crippen LogP contribution in [0.2, 0.25) is 0 Å². The molecule has 0 saturated carbocycles. The highest BCUT2D eigenvalue weighted by atomic mass is 32.2. The number of nitrogens with two attached hydrogens (primary N) is 1. The van der Waals surface area contributed by atoms with E-state index in [1.165, 1.54) is 12.1 Å². The van der Waals surface area contributed by atoms with Gasteiger partial charge in [-0.25, -0.2) is 8.42 Å². The molecule has 0 aromatic heterocycles. The van der Waals surface area contributed by atoms with Crippen LogP contribution in [-0.4, -0.2) is 13.5 Å². The van der Waals surface area contributed by atoms with Crippen molar-refractivity contribution in [2.24, 2.45) is 5.73 Å². The Kier molecular flexibility index (Phi) is 4.88. The third-order valence-corrected chi connectivity index (χ3v) is 5.87. The first kappa shape index (κ1) is 17.2. The molecule has 0 unspecified atom stereocenters. The fourth-order valence-electron chi connectivity index (χ4n) is 2.63. The molecule has 3 N–H and O–H groups in total. The van der Waals surface area contributed by atoms with E-state index in [9.17, 15) is 13.5 Å². The Labute approximate surface area is 147 Å². The van der Waals surface area contributed by atoms with Crippen LogP contribution in [0, 0.1) is 0 Å². The fraction of sp³-hybridized carbons (Fsp3) is 0.100. The lowest BCUT2D eigenvalue weighted by molar-refractivity contribution is 0.459. The van der Waals surface area contributed by atoms with Crippen LogP contribution in [0.15, 0.2) is 82.6 Å². The molecule has 3 aromatic rings. The third-order valence-electron chi connectivity index (χ3n) is 4.06. The highest BCUT2D eigenvalue weighted by Gasteiger charge is 2.20. The van der Waals surface area contributed by atoms with E-state index < -0.39 is 9.84 Å². The molecule has 0 radical (unpaired) electrons. The summed E-state index contributed by atoms with van der Waals surface area (Å²) in [6.45, 7) is 0.513. The van der Waals surface area contributed by atoms with Gasteiger partial charge in [0.25, 0.3) is 0 Å². The predicted octanol–water partition coefficient (Wildman–Crippen LogP) is 3.27. The number of benzene rings is 3. The summed E-state index contributed by atoms with van der Waals surface area (Å²) in [5, 5.41) is 9.81. The first-order chi connectivity index (χ1) is 12.0. The maximum absolute atomic E-state index is 12.6. The average molecular weight is 353 g/mol. The molecule has 0 spiro atoms. The van der Waals surface area contributed by atoms with Crippen molar-refractivity contribution in [2.45, 2.75) is 22.8 Å². The van der Waals surface area contributed by atoms with Crippen LogP contribution < -0.4 is 5.73 Å². The van der Waals surface area contributed by atoms with E-state index in [4.69, 9.17) is 5.73 Å². The number of phenols is 1. The molecule has 3 aromatic carbocycles. The largest absolute Gasteiger partial charge is 0.507 e. The van der Waals surface area contributed by atoms with Gasteiger partial charge in [-0.1, -0.05) is 48.5 Å². The van der Waals surface area contributed by atoms with Crippen LogP contribution in [0.1, 0.15) is 16.7 Å². The minimum absolute atomic E-state index is 0.0832. The molecule has 0 aliphatic rings. The Morgan fingerprint density at radius 1 is 0.760 bits per heavy atom. The molecule has 128 valence electrons. The molecule has 0 saturated heterocycles. The van der Waals surface area contributed by atoms with Crippen LogP contribution >= 0.6 is 0 Å². The fourth-order valence-corrected chi connectivity index (χ4v) is 3.98. The summed E-state index contributed by atoms with van der Waals surface area (Å²) in [6.07, 6.45) is 0.710. The van der Waals surface area contributed by atoms with Crippen molar-refractivity contribution in [1.29, 1.82) is 0 Å². The Morgan fingerprint density at radius 2 is 1.28 bits per heavy atom. The van der Waals surface area contributed by atoms with Gasteiger partial charge in [-0.15, -0.1) is 0 Å². The van der Waals surface area contributed by atoms with E-state index in [2.05, 4.69) is 0 Å². The molecule has 0 aliphatic heterocycles. The summed E-state index contributed by atoms with van der Waals surface area (Å²) in [5.74, 6) is -0.244. The second kappa shape index (κ2) is 7.09. The number of hydrogen-bond acceptors (Lipinski definition) is 4. The molecular formula is C20H19NO3S. The maximum atomic E-state index is 12.6. The van der Waals surface area contributed by atoms with Gasteiger partial charge in [0.2, 0.25) is 9.84 Å². The molecule has 0 amide bonds. The standard InChI is InChI=1S/C20H19NO3S/c21-14-17-7-5-15(6-8-17)13-16-9-11-18(12-10-16)25(23,24)20-4-2-1-3-19(20)22/h1-12,22H,13-14,21H2. The van der Waals surface area contributed by atoms with Crippen molar-refractivity contribution in [3.8, 4) is 5.75 Å².